The third kappa shape index (κ3) is 1.61. The highest BCUT2D eigenvalue weighted by Crippen LogP contribution is 2.15. The van der Waals surface area contributed by atoms with Gasteiger partial charge in [0.1, 0.15) is 5.39 Å². The average Bonchev–Trinajstić information content (AvgIpc) is 2.28. The molecule has 2 rings (SSSR count). The monoisotopic (exact) mass is 248 g/mol. The zero-order valence-corrected chi connectivity index (χ0v) is 10.7. The number of aryl methyl sites for hydroxylation is 2. The fourth-order valence-electron chi connectivity index (χ4n) is 2.12. The zero-order valence-electron chi connectivity index (χ0n) is 10.7. The third-order valence-electron chi connectivity index (χ3n) is 2.97. The van der Waals surface area contributed by atoms with E-state index >= 15 is 0 Å². The van der Waals surface area contributed by atoms with Crippen LogP contribution < -0.4 is 17.0 Å². The van der Waals surface area contributed by atoms with Gasteiger partial charge in [0.15, 0.2) is 5.65 Å². The molecule has 0 aliphatic rings. The first-order valence-corrected chi connectivity index (χ1v) is 5.91. The Morgan fingerprint density at radius 2 is 1.83 bits per heavy atom. The van der Waals surface area contributed by atoms with Crippen molar-refractivity contribution in [2.24, 2.45) is 0 Å². The minimum atomic E-state index is -0.368. The minimum Gasteiger partial charge on any atom is -0.398 e. The van der Waals surface area contributed by atoms with E-state index in [0.717, 1.165) is 0 Å². The van der Waals surface area contributed by atoms with Gasteiger partial charge in [-0.3, -0.25) is 13.9 Å². The second-order valence-electron chi connectivity index (χ2n) is 4.13. The van der Waals surface area contributed by atoms with Crippen LogP contribution in [0.4, 0.5) is 5.69 Å². The maximum atomic E-state index is 12.2. The highest BCUT2D eigenvalue weighted by Gasteiger charge is 2.14. The van der Waals surface area contributed by atoms with Crippen LogP contribution in [-0.4, -0.2) is 14.1 Å². The number of pyridine rings is 1. The molecule has 2 N–H and O–H groups in total. The van der Waals surface area contributed by atoms with Crippen LogP contribution >= 0.6 is 0 Å². The summed E-state index contributed by atoms with van der Waals surface area (Å²) in [6.45, 7) is 6.15. The van der Waals surface area contributed by atoms with Crippen molar-refractivity contribution in [3.05, 3.63) is 32.6 Å². The molecule has 0 spiro atoms. The summed E-state index contributed by atoms with van der Waals surface area (Å²) in [5, 5.41) is 0.323. The smallest absolute Gasteiger partial charge is 0.332 e. The summed E-state index contributed by atoms with van der Waals surface area (Å²) in [5.41, 5.74) is 6.61. The quantitative estimate of drug-likeness (QED) is 0.838. The summed E-state index contributed by atoms with van der Waals surface area (Å²) in [4.78, 5) is 28.6. The molecule has 2 aromatic rings. The number of rotatable bonds is 2. The minimum absolute atomic E-state index is 0.320. The largest absolute Gasteiger partial charge is 0.398 e. The van der Waals surface area contributed by atoms with Gasteiger partial charge >= 0.3 is 5.69 Å². The van der Waals surface area contributed by atoms with E-state index < -0.39 is 0 Å². The van der Waals surface area contributed by atoms with Crippen molar-refractivity contribution >= 4 is 16.7 Å². The molecule has 0 amide bonds. The number of anilines is 1. The Balaban J connectivity index is 3.14. The average molecular weight is 248 g/mol. The molecule has 0 saturated carbocycles. The standard InChI is InChI=1S/C12H16N4O2/c1-4-15-10-9(8(13)6-7(3)14-10)11(17)16(5-2)12(15)18/h6H,4-5H2,1-3H3,(H2,13,14). The number of nitrogens with two attached hydrogens (primary N) is 1. The van der Waals surface area contributed by atoms with E-state index in [1.54, 1.807) is 19.9 Å². The lowest BCUT2D eigenvalue weighted by atomic mass is 10.2. The van der Waals surface area contributed by atoms with Crippen molar-refractivity contribution in [1.82, 2.24) is 14.1 Å². The molecule has 0 aliphatic carbocycles. The predicted molar refractivity (Wildman–Crippen MR) is 70.8 cm³/mol. The number of hydrogen-bond donors (Lipinski definition) is 1. The zero-order chi connectivity index (χ0) is 13.4. The van der Waals surface area contributed by atoms with Crippen molar-refractivity contribution in [3.63, 3.8) is 0 Å². The molecule has 0 unspecified atom stereocenters. The number of hydrogen-bond acceptors (Lipinski definition) is 4. The van der Waals surface area contributed by atoms with Gasteiger partial charge in [-0.15, -0.1) is 0 Å². The lowest BCUT2D eigenvalue weighted by Crippen LogP contribution is -2.40. The Labute approximate surface area is 104 Å². The van der Waals surface area contributed by atoms with Gasteiger partial charge in [-0.25, -0.2) is 9.78 Å². The fraction of sp³-hybridized carbons (Fsp3) is 0.417. The first kappa shape index (κ1) is 12.3. The summed E-state index contributed by atoms with van der Waals surface area (Å²) < 4.78 is 2.66. The summed E-state index contributed by atoms with van der Waals surface area (Å²) >= 11 is 0. The van der Waals surface area contributed by atoms with Crippen LogP contribution in [0.1, 0.15) is 19.5 Å². The second-order valence-corrected chi connectivity index (χ2v) is 4.13. The lowest BCUT2D eigenvalue weighted by molar-refractivity contribution is 0.605. The molecule has 0 saturated heterocycles. The van der Waals surface area contributed by atoms with Gasteiger partial charge in [0.2, 0.25) is 0 Å². The molecule has 6 heteroatoms. The van der Waals surface area contributed by atoms with Crippen molar-refractivity contribution < 1.29 is 0 Å². The third-order valence-corrected chi connectivity index (χ3v) is 2.97. The predicted octanol–water partition coefficient (Wildman–Crippen LogP) is 0.489. The van der Waals surface area contributed by atoms with Gasteiger partial charge in [-0.05, 0) is 26.8 Å². The Bertz CT molecular complexity index is 727. The Morgan fingerprint density at radius 3 is 2.39 bits per heavy atom. The molecule has 6 nitrogen and oxygen atoms in total. The highest BCUT2D eigenvalue weighted by molar-refractivity contribution is 5.87. The maximum Gasteiger partial charge on any atom is 0.332 e. The van der Waals surface area contributed by atoms with Crippen molar-refractivity contribution in [2.45, 2.75) is 33.9 Å². The number of fused-ring (bicyclic) bond motifs is 1. The van der Waals surface area contributed by atoms with Crippen LogP contribution in [-0.2, 0) is 13.1 Å². The van der Waals surface area contributed by atoms with Crippen LogP contribution in [0.3, 0.4) is 0 Å². The molecular weight excluding hydrogens is 232 g/mol. The van der Waals surface area contributed by atoms with Crippen LogP contribution in [0.15, 0.2) is 15.7 Å². The maximum absolute atomic E-state index is 12.2. The summed E-state index contributed by atoms with van der Waals surface area (Å²) in [5.74, 6) is 0. The van der Waals surface area contributed by atoms with Crippen LogP contribution in [0.5, 0.6) is 0 Å². The molecule has 0 fully saturated rings. The van der Waals surface area contributed by atoms with Gasteiger partial charge in [0, 0.05) is 24.5 Å². The number of nitrogens with zero attached hydrogens (tertiary/aromatic N) is 3. The lowest BCUT2D eigenvalue weighted by Gasteiger charge is -2.12. The first-order valence-electron chi connectivity index (χ1n) is 5.91. The molecule has 2 aromatic heterocycles. The van der Waals surface area contributed by atoms with Crippen LogP contribution in [0, 0.1) is 6.92 Å². The number of aromatic nitrogens is 3. The van der Waals surface area contributed by atoms with E-state index in [-0.39, 0.29) is 11.2 Å². The van der Waals surface area contributed by atoms with Gasteiger partial charge in [0.05, 0.1) is 0 Å². The Morgan fingerprint density at radius 1 is 1.22 bits per heavy atom. The van der Waals surface area contributed by atoms with E-state index in [1.165, 1.54) is 9.13 Å². The molecule has 0 atom stereocenters. The second kappa shape index (κ2) is 4.29. The van der Waals surface area contributed by atoms with Gasteiger partial charge in [-0.1, -0.05) is 0 Å². The normalized spacial score (nSPS) is 11.1. The van der Waals surface area contributed by atoms with Crippen molar-refractivity contribution in [3.8, 4) is 0 Å². The fourth-order valence-corrected chi connectivity index (χ4v) is 2.12. The molecule has 2 heterocycles. The van der Waals surface area contributed by atoms with Gasteiger partial charge < -0.3 is 5.73 Å². The Hall–Kier alpha value is -2.11. The first-order chi connectivity index (χ1) is 8.51. The van der Waals surface area contributed by atoms with E-state index in [1.807, 2.05) is 6.92 Å². The SMILES string of the molecule is CCn1c(=O)c2c(N)cc(C)nc2n(CC)c1=O. The number of nitrogen functional groups attached to an aromatic ring is 1. The van der Waals surface area contributed by atoms with Crippen molar-refractivity contribution in [1.29, 1.82) is 0 Å². The molecule has 0 bridgehead atoms. The summed E-state index contributed by atoms with van der Waals surface area (Å²) in [6.07, 6.45) is 0. The van der Waals surface area contributed by atoms with Crippen molar-refractivity contribution in [2.75, 3.05) is 5.73 Å². The van der Waals surface area contributed by atoms with E-state index in [2.05, 4.69) is 4.98 Å². The van der Waals surface area contributed by atoms with E-state index in [0.29, 0.717) is 35.5 Å². The highest BCUT2D eigenvalue weighted by atomic mass is 16.2. The van der Waals surface area contributed by atoms with E-state index in [4.69, 9.17) is 5.73 Å². The molecule has 0 radical (unpaired) electrons. The van der Waals surface area contributed by atoms with Crippen LogP contribution in [0.25, 0.3) is 11.0 Å². The van der Waals surface area contributed by atoms with E-state index in [9.17, 15) is 9.59 Å². The molecular formula is C12H16N4O2. The summed E-state index contributed by atoms with van der Waals surface area (Å²) in [7, 11) is 0. The summed E-state index contributed by atoms with van der Waals surface area (Å²) in [6, 6.07) is 1.65. The molecule has 0 aromatic carbocycles. The van der Waals surface area contributed by atoms with Gasteiger partial charge in [0.25, 0.3) is 5.56 Å². The van der Waals surface area contributed by atoms with Gasteiger partial charge in [-0.2, -0.15) is 0 Å². The Kier molecular flexibility index (Phi) is 2.94. The molecule has 18 heavy (non-hydrogen) atoms. The molecule has 0 aliphatic heterocycles. The van der Waals surface area contributed by atoms with Crippen LogP contribution in [0.2, 0.25) is 0 Å². The topological polar surface area (TPSA) is 82.9 Å². The molecule has 96 valence electrons.